The number of aryl methyl sites for hydroxylation is 1. The van der Waals surface area contributed by atoms with Crippen LogP contribution in [-0.2, 0) is 6.42 Å². The van der Waals surface area contributed by atoms with E-state index in [2.05, 4.69) is 0 Å². The number of carbonyl (C=O) groups is 1. The Balaban J connectivity index is 2.70. The molecule has 0 heterocycles. The Morgan fingerprint density at radius 1 is 1.19 bits per heavy atom. The molecular formula is C13H16O3. The van der Waals surface area contributed by atoms with Gasteiger partial charge in [0, 0.05) is 12.0 Å². The number of benzene rings is 1. The van der Waals surface area contributed by atoms with E-state index in [-0.39, 0.29) is 5.78 Å². The van der Waals surface area contributed by atoms with E-state index < -0.39 is 0 Å². The number of Topliss-reactive ketones (excluding diaryl/α,β-unsaturated/α-hetero) is 1. The van der Waals surface area contributed by atoms with Gasteiger partial charge in [-0.15, -0.1) is 0 Å². The molecule has 1 aliphatic carbocycles. The lowest BCUT2D eigenvalue weighted by atomic mass is 9.87. The second-order valence-corrected chi connectivity index (χ2v) is 4.06. The summed E-state index contributed by atoms with van der Waals surface area (Å²) in [6, 6.07) is 1.88. The molecule has 1 aromatic rings. The van der Waals surface area contributed by atoms with Crippen LogP contribution < -0.4 is 9.47 Å². The zero-order valence-corrected chi connectivity index (χ0v) is 9.92. The second kappa shape index (κ2) is 4.16. The van der Waals surface area contributed by atoms with Crippen LogP contribution in [0.15, 0.2) is 6.07 Å². The predicted octanol–water partition coefficient (Wildman–Crippen LogP) is 2.53. The number of fused-ring (bicyclic) bond motifs is 1. The van der Waals surface area contributed by atoms with Crippen molar-refractivity contribution in [1.82, 2.24) is 0 Å². The van der Waals surface area contributed by atoms with Crippen LogP contribution in [0.3, 0.4) is 0 Å². The predicted molar refractivity (Wildman–Crippen MR) is 61.6 cm³/mol. The molecule has 0 radical (unpaired) electrons. The van der Waals surface area contributed by atoms with Gasteiger partial charge in [-0.1, -0.05) is 0 Å². The van der Waals surface area contributed by atoms with E-state index in [1.54, 1.807) is 14.2 Å². The molecule has 1 aliphatic rings. The van der Waals surface area contributed by atoms with Gasteiger partial charge in [-0.05, 0) is 31.4 Å². The molecular weight excluding hydrogens is 204 g/mol. The number of rotatable bonds is 2. The molecule has 16 heavy (non-hydrogen) atoms. The number of hydrogen-bond donors (Lipinski definition) is 0. The van der Waals surface area contributed by atoms with Crippen molar-refractivity contribution in [2.24, 2.45) is 0 Å². The first-order chi connectivity index (χ1) is 7.69. The van der Waals surface area contributed by atoms with Crippen molar-refractivity contribution < 1.29 is 14.3 Å². The molecule has 2 rings (SSSR count). The Morgan fingerprint density at radius 3 is 2.56 bits per heavy atom. The minimum absolute atomic E-state index is 0.163. The normalized spacial score (nSPS) is 14.6. The molecule has 0 aliphatic heterocycles. The number of carbonyl (C=O) groups excluding carboxylic acids is 1. The molecule has 0 aromatic heterocycles. The Labute approximate surface area is 95.4 Å². The summed E-state index contributed by atoms with van der Waals surface area (Å²) in [5.41, 5.74) is 2.75. The monoisotopic (exact) mass is 220 g/mol. The molecule has 0 amide bonds. The molecule has 3 nitrogen and oxygen atoms in total. The number of ketones is 1. The third-order valence-corrected chi connectivity index (χ3v) is 3.06. The first-order valence-electron chi connectivity index (χ1n) is 5.46. The smallest absolute Gasteiger partial charge is 0.167 e. The molecule has 0 atom stereocenters. The van der Waals surface area contributed by atoms with Gasteiger partial charge in [-0.3, -0.25) is 4.79 Å². The lowest BCUT2D eigenvalue weighted by Gasteiger charge is -2.21. The van der Waals surface area contributed by atoms with Crippen LogP contribution >= 0.6 is 0 Å². The topological polar surface area (TPSA) is 35.5 Å². The fraction of sp³-hybridized carbons (Fsp3) is 0.462. The molecule has 0 saturated heterocycles. The van der Waals surface area contributed by atoms with Gasteiger partial charge in [0.05, 0.1) is 19.8 Å². The summed E-state index contributed by atoms with van der Waals surface area (Å²) >= 11 is 0. The van der Waals surface area contributed by atoms with Gasteiger partial charge in [0.15, 0.2) is 5.78 Å². The minimum Gasteiger partial charge on any atom is -0.496 e. The first kappa shape index (κ1) is 11.0. The highest BCUT2D eigenvalue weighted by molar-refractivity contribution is 6.02. The number of ether oxygens (including phenoxy) is 2. The SMILES string of the molecule is COc1cc(C)c(OC)c2c1C(=O)CCC2. The maximum atomic E-state index is 11.9. The van der Waals surface area contributed by atoms with Gasteiger partial charge >= 0.3 is 0 Å². The lowest BCUT2D eigenvalue weighted by Crippen LogP contribution is -2.14. The van der Waals surface area contributed by atoms with Gasteiger partial charge in [0.1, 0.15) is 11.5 Å². The van der Waals surface area contributed by atoms with E-state index in [1.165, 1.54) is 0 Å². The summed E-state index contributed by atoms with van der Waals surface area (Å²) in [5, 5.41) is 0. The zero-order chi connectivity index (χ0) is 11.7. The lowest BCUT2D eigenvalue weighted by molar-refractivity contribution is 0.0968. The molecule has 86 valence electrons. The van der Waals surface area contributed by atoms with E-state index in [0.717, 1.165) is 35.3 Å². The summed E-state index contributed by atoms with van der Waals surface area (Å²) in [6.07, 6.45) is 2.40. The van der Waals surface area contributed by atoms with Crippen LogP contribution in [0.4, 0.5) is 0 Å². The van der Waals surface area contributed by atoms with Gasteiger partial charge in [0.2, 0.25) is 0 Å². The third-order valence-electron chi connectivity index (χ3n) is 3.06. The highest BCUT2D eigenvalue weighted by Gasteiger charge is 2.26. The largest absolute Gasteiger partial charge is 0.496 e. The summed E-state index contributed by atoms with van der Waals surface area (Å²) in [7, 11) is 3.25. The van der Waals surface area contributed by atoms with Gasteiger partial charge in [0.25, 0.3) is 0 Å². The Hall–Kier alpha value is -1.51. The van der Waals surface area contributed by atoms with Crippen molar-refractivity contribution in [2.75, 3.05) is 14.2 Å². The highest BCUT2D eigenvalue weighted by Crippen LogP contribution is 2.38. The van der Waals surface area contributed by atoms with Crippen molar-refractivity contribution >= 4 is 5.78 Å². The van der Waals surface area contributed by atoms with Crippen molar-refractivity contribution in [3.05, 3.63) is 22.8 Å². The summed E-state index contributed by atoms with van der Waals surface area (Å²) in [5.74, 6) is 1.68. The van der Waals surface area contributed by atoms with Crippen molar-refractivity contribution in [3.8, 4) is 11.5 Å². The molecule has 0 fully saturated rings. The molecule has 0 N–H and O–H groups in total. The van der Waals surface area contributed by atoms with Gasteiger partial charge < -0.3 is 9.47 Å². The molecule has 0 bridgehead atoms. The molecule has 1 aromatic carbocycles. The quantitative estimate of drug-likeness (QED) is 0.768. The van der Waals surface area contributed by atoms with Crippen molar-refractivity contribution in [2.45, 2.75) is 26.2 Å². The summed E-state index contributed by atoms with van der Waals surface area (Å²) in [6.45, 7) is 1.97. The van der Waals surface area contributed by atoms with E-state index in [0.29, 0.717) is 12.2 Å². The highest BCUT2D eigenvalue weighted by atomic mass is 16.5. The van der Waals surface area contributed by atoms with Crippen LogP contribution in [0.5, 0.6) is 11.5 Å². The first-order valence-corrected chi connectivity index (χ1v) is 5.46. The van der Waals surface area contributed by atoms with Crippen molar-refractivity contribution in [1.29, 1.82) is 0 Å². The van der Waals surface area contributed by atoms with Crippen LogP contribution in [0.2, 0.25) is 0 Å². The molecule has 0 spiro atoms. The fourth-order valence-electron chi connectivity index (χ4n) is 2.37. The number of hydrogen-bond acceptors (Lipinski definition) is 3. The molecule has 0 saturated carbocycles. The molecule has 3 heteroatoms. The zero-order valence-electron chi connectivity index (χ0n) is 9.92. The van der Waals surface area contributed by atoms with Gasteiger partial charge in [-0.2, -0.15) is 0 Å². The molecule has 0 unspecified atom stereocenters. The standard InChI is InChI=1S/C13H16O3/c1-8-7-11(15-2)12-9(13(8)16-3)5-4-6-10(12)14/h7H,4-6H2,1-3H3. The maximum Gasteiger partial charge on any atom is 0.167 e. The van der Waals surface area contributed by atoms with Crippen LogP contribution in [-0.4, -0.2) is 20.0 Å². The Morgan fingerprint density at radius 2 is 1.94 bits per heavy atom. The Kier molecular flexibility index (Phi) is 2.86. The minimum atomic E-state index is 0.163. The average Bonchev–Trinajstić information content (AvgIpc) is 2.28. The van der Waals surface area contributed by atoms with E-state index >= 15 is 0 Å². The summed E-state index contributed by atoms with van der Waals surface area (Å²) in [4.78, 5) is 11.9. The fourth-order valence-corrected chi connectivity index (χ4v) is 2.37. The second-order valence-electron chi connectivity index (χ2n) is 4.06. The van der Waals surface area contributed by atoms with Crippen LogP contribution in [0.1, 0.15) is 34.3 Å². The van der Waals surface area contributed by atoms with Crippen LogP contribution in [0, 0.1) is 6.92 Å². The van der Waals surface area contributed by atoms with E-state index in [9.17, 15) is 4.79 Å². The van der Waals surface area contributed by atoms with Crippen LogP contribution in [0.25, 0.3) is 0 Å². The summed E-state index contributed by atoms with van der Waals surface area (Å²) < 4.78 is 10.7. The van der Waals surface area contributed by atoms with Crippen molar-refractivity contribution in [3.63, 3.8) is 0 Å². The number of methoxy groups -OCH3 is 2. The van der Waals surface area contributed by atoms with Gasteiger partial charge in [-0.25, -0.2) is 0 Å². The third kappa shape index (κ3) is 1.56. The Bertz CT molecular complexity index is 435. The van der Waals surface area contributed by atoms with E-state index in [4.69, 9.17) is 9.47 Å². The average molecular weight is 220 g/mol. The van der Waals surface area contributed by atoms with E-state index in [1.807, 2.05) is 13.0 Å². The maximum absolute atomic E-state index is 11.9.